The van der Waals surface area contributed by atoms with Gasteiger partial charge < -0.3 is 15.6 Å². The average Bonchev–Trinajstić information content (AvgIpc) is 2.74. The molecular weight excluding hydrogens is 216 g/mol. The molecule has 0 amide bonds. The maximum Gasteiger partial charge on any atom is 0.188 e. The highest BCUT2D eigenvalue weighted by molar-refractivity contribution is 5.80. The molecule has 4 nitrogen and oxygen atoms in total. The van der Waals surface area contributed by atoms with Crippen molar-refractivity contribution in [1.29, 1.82) is 0 Å². The zero-order valence-corrected chi connectivity index (χ0v) is 9.80. The molecule has 1 atom stereocenters. The Kier molecular flexibility index (Phi) is 3.98. The van der Waals surface area contributed by atoms with E-state index in [-0.39, 0.29) is 11.8 Å². The molecule has 4 heteroatoms. The maximum atomic E-state index is 9.36. The van der Waals surface area contributed by atoms with Gasteiger partial charge in [0.1, 0.15) is 12.4 Å². The lowest BCUT2D eigenvalue weighted by Gasteiger charge is -2.02. The van der Waals surface area contributed by atoms with Crippen LogP contribution in [0.5, 0.6) is 5.75 Å². The molecular formula is C13H18N2O2. The molecule has 17 heavy (non-hydrogen) atoms. The fourth-order valence-corrected chi connectivity index (χ4v) is 1.91. The lowest BCUT2D eigenvalue weighted by Crippen LogP contribution is -2.09. The van der Waals surface area contributed by atoms with E-state index in [1.165, 1.54) is 0 Å². The van der Waals surface area contributed by atoms with Gasteiger partial charge in [-0.15, -0.1) is 0 Å². The number of nitrogens with zero attached hydrogens (tertiary/aromatic N) is 1. The summed E-state index contributed by atoms with van der Waals surface area (Å²) < 4.78 is 5.53. The first kappa shape index (κ1) is 11.9. The molecule has 92 valence electrons. The molecule has 0 fully saturated rings. The zero-order chi connectivity index (χ0) is 12.1. The highest BCUT2D eigenvalue weighted by Gasteiger charge is 2.18. The normalized spacial score (nSPS) is 18.9. The van der Waals surface area contributed by atoms with E-state index in [4.69, 9.17) is 10.5 Å². The first-order chi connectivity index (χ1) is 8.28. The van der Waals surface area contributed by atoms with E-state index in [1.54, 1.807) is 12.1 Å². The monoisotopic (exact) mass is 234 g/mol. The molecule has 3 N–H and O–H groups in total. The quantitative estimate of drug-likeness (QED) is 0.810. The van der Waals surface area contributed by atoms with E-state index in [0.717, 1.165) is 24.3 Å². The van der Waals surface area contributed by atoms with E-state index in [0.29, 0.717) is 19.6 Å². The fourth-order valence-electron chi connectivity index (χ4n) is 1.91. The van der Waals surface area contributed by atoms with Crippen molar-refractivity contribution >= 4 is 5.90 Å². The Labute approximate surface area is 101 Å². The third-order valence-electron chi connectivity index (χ3n) is 2.78. The predicted molar refractivity (Wildman–Crippen MR) is 67.3 cm³/mol. The maximum absolute atomic E-state index is 9.36. The number of phenols is 1. The molecule has 2 rings (SSSR count). The van der Waals surface area contributed by atoms with E-state index in [2.05, 4.69) is 4.99 Å². The van der Waals surface area contributed by atoms with Crippen LogP contribution >= 0.6 is 0 Å². The minimum Gasteiger partial charge on any atom is -0.508 e. The predicted octanol–water partition coefficient (Wildman–Crippen LogP) is 1.47. The number of hydrogen-bond acceptors (Lipinski definition) is 4. The molecule has 1 aromatic rings. The zero-order valence-electron chi connectivity index (χ0n) is 9.80. The highest BCUT2D eigenvalue weighted by Crippen LogP contribution is 2.16. The molecule has 1 aliphatic heterocycles. The molecule has 1 aromatic carbocycles. The molecule has 0 bridgehead atoms. The summed E-state index contributed by atoms with van der Waals surface area (Å²) in [6.45, 7) is 1.36. The molecule has 0 radical (unpaired) electrons. The van der Waals surface area contributed by atoms with Crippen LogP contribution in [0.1, 0.15) is 18.4 Å². The third kappa shape index (κ3) is 3.46. The lowest BCUT2D eigenvalue weighted by molar-refractivity contribution is 0.305. The highest BCUT2D eigenvalue weighted by atomic mass is 16.5. The number of ether oxygens (including phenoxy) is 1. The minimum absolute atomic E-state index is 0.255. The summed E-state index contributed by atoms with van der Waals surface area (Å²) in [5, 5.41) is 9.36. The number of rotatable bonds is 5. The summed E-state index contributed by atoms with van der Waals surface area (Å²) in [5.74, 6) is 1.04. The van der Waals surface area contributed by atoms with Crippen LogP contribution in [0.15, 0.2) is 29.3 Å². The Morgan fingerprint density at radius 3 is 3.12 bits per heavy atom. The van der Waals surface area contributed by atoms with Gasteiger partial charge in [-0.3, -0.25) is 0 Å². The smallest absolute Gasteiger partial charge is 0.188 e. The summed E-state index contributed by atoms with van der Waals surface area (Å²) in [6, 6.07) is 7.43. The molecule has 0 saturated carbocycles. The van der Waals surface area contributed by atoms with Gasteiger partial charge in [0.25, 0.3) is 0 Å². The third-order valence-corrected chi connectivity index (χ3v) is 2.78. The second-order valence-corrected chi connectivity index (χ2v) is 4.27. The molecule has 0 spiro atoms. The first-order valence-electron chi connectivity index (χ1n) is 5.95. The van der Waals surface area contributed by atoms with Crippen molar-refractivity contribution in [2.24, 2.45) is 10.7 Å². The van der Waals surface area contributed by atoms with Crippen LogP contribution < -0.4 is 5.73 Å². The van der Waals surface area contributed by atoms with Crippen molar-refractivity contribution in [2.75, 3.05) is 13.2 Å². The molecule has 1 heterocycles. The Bertz CT molecular complexity index is 404. The second kappa shape index (κ2) is 5.68. The number of benzene rings is 1. The van der Waals surface area contributed by atoms with Crippen LogP contribution in [0.25, 0.3) is 0 Å². The van der Waals surface area contributed by atoms with E-state index < -0.39 is 0 Å². The number of aromatic hydroxyl groups is 1. The molecule has 1 unspecified atom stereocenters. The van der Waals surface area contributed by atoms with E-state index in [9.17, 15) is 5.11 Å². The summed E-state index contributed by atoms with van der Waals surface area (Å²) in [6.07, 6.45) is 2.62. The van der Waals surface area contributed by atoms with Gasteiger partial charge >= 0.3 is 0 Å². The van der Waals surface area contributed by atoms with Gasteiger partial charge in [-0.2, -0.15) is 0 Å². The fraction of sp³-hybridized carbons (Fsp3) is 0.462. The standard InChI is InChI=1S/C13H18N2O2/c14-6-2-4-11-9-17-13(15-11)8-10-3-1-5-12(16)7-10/h1,3,5,7,11,16H,2,4,6,8-9,14H2. The van der Waals surface area contributed by atoms with Crippen molar-refractivity contribution < 1.29 is 9.84 Å². The Hall–Kier alpha value is -1.55. The number of aliphatic imine (C=N–C) groups is 1. The van der Waals surface area contributed by atoms with Crippen molar-refractivity contribution in [3.63, 3.8) is 0 Å². The van der Waals surface area contributed by atoms with Crippen LogP contribution in [-0.4, -0.2) is 30.2 Å². The SMILES string of the molecule is NCCCC1COC(Cc2cccc(O)c2)=N1. The van der Waals surface area contributed by atoms with Gasteiger partial charge in [0.05, 0.1) is 6.04 Å². The first-order valence-corrected chi connectivity index (χ1v) is 5.95. The van der Waals surface area contributed by atoms with Gasteiger partial charge in [0, 0.05) is 6.42 Å². The van der Waals surface area contributed by atoms with E-state index >= 15 is 0 Å². The second-order valence-electron chi connectivity index (χ2n) is 4.27. The van der Waals surface area contributed by atoms with Crippen LogP contribution in [-0.2, 0) is 11.2 Å². The summed E-state index contributed by atoms with van der Waals surface area (Å²) >= 11 is 0. The van der Waals surface area contributed by atoms with Gasteiger partial charge in [-0.25, -0.2) is 4.99 Å². The number of phenolic OH excluding ortho intramolecular Hbond substituents is 1. The van der Waals surface area contributed by atoms with Crippen LogP contribution in [0.4, 0.5) is 0 Å². The van der Waals surface area contributed by atoms with Gasteiger partial charge in [0.15, 0.2) is 5.90 Å². The summed E-state index contributed by atoms with van der Waals surface area (Å²) in [5.41, 5.74) is 6.48. The Morgan fingerprint density at radius 2 is 2.35 bits per heavy atom. The molecule has 0 saturated heterocycles. The van der Waals surface area contributed by atoms with Crippen molar-refractivity contribution in [2.45, 2.75) is 25.3 Å². The minimum atomic E-state index is 0.255. The Balaban J connectivity index is 1.91. The van der Waals surface area contributed by atoms with Gasteiger partial charge in [-0.1, -0.05) is 12.1 Å². The molecule has 1 aliphatic rings. The van der Waals surface area contributed by atoms with Crippen LogP contribution in [0.2, 0.25) is 0 Å². The molecule has 0 aliphatic carbocycles. The lowest BCUT2D eigenvalue weighted by atomic mass is 10.1. The number of nitrogens with two attached hydrogens (primary N) is 1. The van der Waals surface area contributed by atoms with Crippen LogP contribution in [0, 0.1) is 0 Å². The Morgan fingerprint density at radius 1 is 1.47 bits per heavy atom. The summed E-state index contributed by atoms with van der Waals surface area (Å²) in [4.78, 5) is 4.51. The van der Waals surface area contributed by atoms with E-state index in [1.807, 2.05) is 12.1 Å². The largest absolute Gasteiger partial charge is 0.508 e. The topological polar surface area (TPSA) is 67.8 Å². The number of hydrogen-bond donors (Lipinski definition) is 2. The van der Waals surface area contributed by atoms with Gasteiger partial charge in [0.2, 0.25) is 0 Å². The van der Waals surface area contributed by atoms with Gasteiger partial charge in [-0.05, 0) is 37.1 Å². The van der Waals surface area contributed by atoms with Crippen molar-refractivity contribution in [3.8, 4) is 5.75 Å². The summed E-state index contributed by atoms with van der Waals surface area (Å²) in [7, 11) is 0. The molecule has 0 aromatic heterocycles. The van der Waals surface area contributed by atoms with Crippen molar-refractivity contribution in [3.05, 3.63) is 29.8 Å². The van der Waals surface area contributed by atoms with Crippen LogP contribution in [0.3, 0.4) is 0 Å². The average molecular weight is 234 g/mol. The van der Waals surface area contributed by atoms with Crippen molar-refractivity contribution in [1.82, 2.24) is 0 Å².